The van der Waals surface area contributed by atoms with Gasteiger partial charge in [-0.3, -0.25) is 0 Å². The zero-order chi connectivity index (χ0) is 13.7. The first-order chi connectivity index (χ1) is 9.19. The van der Waals surface area contributed by atoms with Crippen LogP contribution in [0, 0.1) is 0 Å². The Balaban J connectivity index is 1.80. The third-order valence-corrected chi connectivity index (χ3v) is 4.46. The molecule has 0 aliphatic heterocycles. The number of hydrogen-bond donors (Lipinski definition) is 2. The van der Waals surface area contributed by atoms with E-state index in [1.165, 1.54) is 15.4 Å². The quantitative estimate of drug-likeness (QED) is 0.796. The van der Waals surface area contributed by atoms with Crippen LogP contribution in [0.1, 0.15) is 35.3 Å². The lowest BCUT2D eigenvalue weighted by Crippen LogP contribution is -2.21. The fourth-order valence-electron chi connectivity index (χ4n) is 1.89. The molecule has 1 aromatic carbocycles. The second-order valence-corrected chi connectivity index (χ2v) is 5.83. The van der Waals surface area contributed by atoms with Gasteiger partial charge in [-0.2, -0.15) is 0 Å². The van der Waals surface area contributed by atoms with Gasteiger partial charge in [0.15, 0.2) is 0 Å². The first-order valence-electron chi connectivity index (χ1n) is 6.71. The van der Waals surface area contributed by atoms with Crippen LogP contribution in [-0.2, 0) is 12.8 Å². The van der Waals surface area contributed by atoms with Crippen LogP contribution in [0.15, 0.2) is 30.5 Å². The predicted octanol–water partition coefficient (Wildman–Crippen LogP) is 3.18. The molecule has 2 aromatic rings. The maximum absolute atomic E-state index is 5.67. The van der Waals surface area contributed by atoms with E-state index >= 15 is 0 Å². The maximum Gasteiger partial charge on any atom is 0.109 e. The topological polar surface area (TPSA) is 50.9 Å². The van der Waals surface area contributed by atoms with Gasteiger partial charge in [0.1, 0.15) is 5.01 Å². The molecule has 4 heteroatoms. The molecule has 1 unspecified atom stereocenters. The van der Waals surface area contributed by atoms with E-state index in [0.29, 0.717) is 6.04 Å². The summed E-state index contributed by atoms with van der Waals surface area (Å²) >= 11 is 1.80. The number of nitrogens with two attached hydrogens (primary N) is 1. The molecule has 2 rings (SSSR count). The summed E-state index contributed by atoms with van der Waals surface area (Å²) in [7, 11) is 0. The Morgan fingerprint density at radius 1 is 1.32 bits per heavy atom. The smallest absolute Gasteiger partial charge is 0.109 e. The van der Waals surface area contributed by atoms with Gasteiger partial charge in [-0.25, -0.2) is 4.98 Å². The van der Waals surface area contributed by atoms with Gasteiger partial charge < -0.3 is 11.1 Å². The van der Waals surface area contributed by atoms with Crippen LogP contribution in [-0.4, -0.2) is 11.5 Å². The minimum atomic E-state index is 0.319. The molecule has 3 N–H and O–H groups in total. The van der Waals surface area contributed by atoms with Crippen LogP contribution < -0.4 is 11.1 Å². The Hall–Kier alpha value is -1.39. The van der Waals surface area contributed by atoms with Crippen molar-refractivity contribution in [3.63, 3.8) is 0 Å². The molecular weight excluding hydrogens is 254 g/mol. The van der Waals surface area contributed by atoms with Crippen LogP contribution >= 0.6 is 11.3 Å². The summed E-state index contributed by atoms with van der Waals surface area (Å²) in [6.45, 7) is 5.28. The van der Waals surface area contributed by atoms with Crippen LogP contribution in [0.5, 0.6) is 0 Å². The maximum atomic E-state index is 5.67. The first-order valence-corrected chi connectivity index (χ1v) is 7.53. The molecule has 1 heterocycles. The van der Waals surface area contributed by atoms with Gasteiger partial charge in [-0.15, -0.1) is 11.3 Å². The van der Waals surface area contributed by atoms with Gasteiger partial charge in [-0.1, -0.05) is 19.1 Å². The van der Waals surface area contributed by atoms with E-state index in [-0.39, 0.29) is 0 Å². The minimum absolute atomic E-state index is 0.319. The van der Waals surface area contributed by atoms with Gasteiger partial charge in [0.25, 0.3) is 0 Å². The molecule has 0 aliphatic carbocycles. The van der Waals surface area contributed by atoms with Crippen LogP contribution in [0.2, 0.25) is 0 Å². The lowest BCUT2D eigenvalue weighted by atomic mass is 10.1. The number of aromatic nitrogens is 1. The van der Waals surface area contributed by atoms with E-state index in [9.17, 15) is 0 Å². The number of hydrogen-bond acceptors (Lipinski definition) is 4. The average molecular weight is 275 g/mol. The number of anilines is 1. The van der Waals surface area contributed by atoms with Crippen molar-refractivity contribution in [1.82, 2.24) is 10.3 Å². The number of rotatable bonds is 6. The monoisotopic (exact) mass is 275 g/mol. The summed E-state index contributed by atoms with van der Waals surface area (Å²) in [5.74, 6) is 0. The van der Waals surface area contributed by atoms with E-state index in [2.05, 4.69) is 36.3 Å². The third-order valence-electron chi connectivity index (χ3n) is 3.13. The largest absolute Gasteiger partial charge is 0.399 e. The zero-order valence-corrected chi connectivity index (χ0v) is 12.3. The van der Waals surface area contributed by atoms with E-state index in [4.69, 9.17) is 5.73 Å². The summed E-state index contributed by atoms with van der Waals surface area (Å²) in [4.78, 5) is 5.81. The summed E-state index contributed by atoms with van der Waals surface area (Å²) in [5.41, 5.74) is 7.80. The van der Waals surface area contributed by atoms with Crippen molar-refractivity contribution in [2.45, 2.75) is 32.7 Å². The molecule has 0 saturated carbocycles. The number of nitrogens with zero attached hydrogens (tertiary/aromatic N) is 1. The van der Waals surface area contributed by atoms with E-state index in [1.807, 2.05) is 18.3 Å². The highest BCUT2D eigenvalue weighted by Gasteiger charge is 2.08. The molecular formula is C15H21N3S. The van der Waals surface area contributed by atoms with Gasteiger partial charge in [0.2, 0.25) is 0 Å². The fourth-order valence-corrected chi connectivity index (χ4v) is 2.77. The average Bonchev–Trinajstić information content (AvgIpc) is 2.90. The minimum Gasteiger partial charge on any atom is -0.399 e. The van der Waals surface area contributed by atoms with Crippen LogP contribution in [0.3, 0.4) is 0 Å². The molecule has 1 atom stereocenters. The van der Waals surface area contributed by atoms with E-state index in [0.717, 1.165) is 25.1 Å². The van der Waals surface area contributed by atoms with Gasteiger partial charge >= 0.3 is 0 Å². The van der Waals surface area contributed by atoms with E-state index < -0.39 is 0 Å². The second-order valence-electron chi connectivity index (χ2n) is 4.69. The highest BCUT2D eigenvalue weighted by Crippen LogP contribution is 2.20. The Morgan fingerprint density at radius 3 is 2.68 bits per heavy atom. The lowest BCUT2D eigenvalue weighted by molar-refractivity contribution is 0.574. The van der Waals surface area contributed by atoms with Gasteiger partial charge in [0.05, 0.1) is 6.04 Å². The predicted molar refractivity (Wildman–Crippen MR) is 82.5 cm³/mol. The van der Waals surface area contributed by atoms with Crippen molar-refractivity contribution in [3.8, 4) is 0 Å². The second kappa shape index (κ2) is 6.68. The molecule has 0 spiro atoms. The Kier molecular flexibility index (Phi) is 4.93. The summed E-state index contributed by atoms with van der Waals surface area (Å²) in [6, 6.07) is 8.39. The van der Waals surface area contributed by atoms with Crippen molar-refractivity contribution >= 4 is 17.0 Å². The highest BCUT2D eigenvalue weighted by atomic mass is 32.1. The Labute approximate surface area is 118 Å². The van der Waals surface area contributed by atoms with Gasteiger partial charge in [-0.05, 0) is 44.0 Å². The number of thiazole rings is 1. The zero-order valence-electron chi connectivity index (χ0n) is 11.5. The fraction of sp³-hybridized carbons (Fsp3) is 0.400. The van der Waals surface area contributed by atoms with E-state index in [1.54, 1.807) is 11.3 Å². The van der Waals surface area contributed by atoms with Crippen molar-refractivity contribution in [2.75, 3.05) is 12.3 Å². The molecule has 3 nitrogen and oxygen atoms in total. The first kappa shape index (κ1) is 14.0. The molecule has 0 bridgehead atoms. The number of nitrogens with one attached hydrogen (secondary N) is 1. The highest BCUT2D eigenvalue weighted by molar-refractivity contribution is 7.11. The molecule has 19 heavy (non-hydrogen) atoms. The van der Waals surface area contributed by atoms with Crippen LogP contribution in [0.25, 0.3) is 0 Å². The van der Waals surface area contributed by atoms with Crippen LogP contribution in [0.4, 0.5) is 5.69 Å². The normalized spacial score (nSPS) is 12.5. The summed E-state index contributed by atoms with van der Waals surface area (Å²) in [5, 5.41) is 4.69. The summed E-state index contributed by atoms with van der Waals surface area (Å²) in [6.07, 6.45) is 4.06. The lowest BCUT2D eigenvalue weighted by Gasteiger charge is -2.11. The standard InChI is InChI=1S/C15H21N3S/c1-3-14-10-18-15(19-14)11(2)17-9-8-12-4-6-13(16)7-5-12/h4-7,10-11,17H,3,8-9,16H2,1-2H3. The van der Waals surface area contributed by atoms with Crippen molar-refractivity contribution in [2.24, 2.45) is 0 Å². The van der Waals surface area contributed by atoms with Crippen molar-refractivity contribution in [1.29, 1.82) is 0 Å². The third kappa shape index (κ3) is 4.04. The molecule has 0 amide bonds. The number of benzene rings is 1. The molecule has 102 valence electrons. The molecule has 1 aromatic heterocycles. The number of nitrogen functional groups attached to an aromatic ring is 1. The SMILES string of the molecule is CCc1cnc(C(C)NCCc2ccc(N)cc2)s1. The Morgan fingerprint density at radius 2 is 2.05 bits per heavy atom. The van der Waals surface area contributed by atoms with Gasteiger partial charge in [0, 0.05) is 16.8 Å². The van der Waals surface area contributed by atoms with Crippen molar-refractivity contribution in [3.05, 3.63) is 45.9 Å². The molecule has 0 fully saturated rings. The number of aryl methyl sites for hydroxylation is 1. The molecule has 0 saturated heterocycles. The molecule has 0 radical (unpaired) electrons. The molecule has 0 aliphatic rings. The van der Waals surface area contributed by atoms with Crippen molar-refractivity contribution < 1.29 is 0 Å². The Bertz CT molecular complexity index is 504. The summed E-state index contributed by atoms with van der Waals surface area (Å²) < 4.78 is 0.